The third kappa shape index (κ3) is 4.37. The van der Waals surface area contributed by atoms with Crippen LogP contribution >= 0.6 is 0 Å². The predicted molar refractivity (Wildman–Crippen MR) is 106 cm³/mol. The Balaban J connectivity index is 1.74. The summed E-state index contributed by atoms with van der Waals surface area (Å²) in [6.45, 7) is 0.312. The molecule has 6 nitrogen and oxygen atoms in total. The van der Waals surface area contributed by atoms with Crippen molar-refractivity contribution in [1.82, 2.24) is 4.90 Å². The van der Waals surface area contributed by atoms with Gasteiger partial charge >= 0.3 is 5.97 Å². The number of benzene rings is 1. The van der Waals surface area contributed by atoms with Crippen molar-refractivity contribution >= 4 is 17.8 Å². The number of carbonyl (C=O) groups is 3. The van der Waals surface area contributed by atoms with E-state index in [0.29, 0.717) is 25.3 Å². The van der Waals surface area contributed by atoms with Crippen molar-refractivity contribution in [3.05, 3.63) is 35.4 Å². The van der Waals surface area contributed by atoms with Gasteiger partial charge in [-0.15, -0.1) is 0 Å². The minimum Gasteiger partial charge on any atom is -0.481 e. The number of carbonyl (C=O) groups excluding carboxylic acids is 2. The molecule has 0 saturated heterocycles. The summed E-state index contributed by atoms with van der Waals surface area (Å²) in [6, 6.07) is 7.44. The Hall–Kier alpha value is -2.37. The molecule has 1 aromatic rings. The molecule has 0 aliphatic heterocycles. The lowest BCUT2D eigenvalue weighted by atomic mass is 9.78. The average molecular weight is 386 g/mol. The maximum Gasteiger partial charge on any atom is 0.314 e. The lowest BCUT2D eigenvalue weighted by molar-refractivity contribution is -0.148. The number of hydrogen-bond donors (Lipinski definition) is 2. The molecule has 6 heteroatoms. The number of rotatable bonds is 8. The van der Waals surface area contributed by atoms with Crippen LogP contribution in [-0.2, 0) is 26.2 Å². The van der Waals surface area contributed by atoms with E-state index in [0.717, 1.165) is 30.4 Å². The van der Waals surface area contributed by atoms with Gasteiger partial charge in [0, 0.05) is 13.0 Å². The summed E-state index contributed by atoms with van der Waals surface area (Å²) in [5.41, 5.74) is 5.87. The third-order valence-electron chi connectivity index (χ3n) is 6.45. The summed E-state index contributed by atoms with van der Waals surface area (Å²) in [7, 11) is 0. The molecule has 3 rings (SSSR count). The van der Waals surface area contributed by atoms with Crippen LogP contribution < -0.4 is 5.73 Å². The first-order valence-corrected chi connectivity index (χ1v) is 10.3. The molecule has 28 heavy (non-hydrogen) atoms. The number of primary amides is 1. The van der Waals surface area contributed by atoms with Crippen molar-refractivity contribution in [2.24, 2.45) is 11.7 Å². The summed E-state index contributed by atoms with van der Waals surface area (Å²) in [5.74, 6) is -1.27. The van der Waals surface area contributed by atoms with Crippen LogP contribution in [0.4, 0.5) is 0 Å². The maximum absolute atomic E-state index is 13.1. The summed E-state index contributed by atoms with van der Waals surface area (Å²) < 4.78 is 0. The van der Waals surface area contributed by atoms with Crippen LogP contribution in [0.5, 0.6) is 0 Å². The zero-order valence-electron chi connectivity index (χ0n) is 16.4. The third-order valence-corrected chi connectivity index (χ3v) is 6.45. The van der Waals surface area contributed by atoms with Crippen molar-refractivity contribution in [2.45, 2.75) is 63.2 Å². The van der Waals surface area contributed by atoms with Crippen molar-refractivity contribution in [1.29, 1.82) is 0 Å². The molecule has 1 aromatic carbocycles. The van der Waals surface area contributed by atoms with Crippen molar-refractivity contribution in [3.63, 3.8) is 0 Å². The first-order valence-electron chi connectivity index (χ1n) is 10.3. The molecule has 2 aliphatic carbocycles. The summed E-state index contributed by atoms with van der Waals surface area (Å²) in [6.07, 6.45) is 7.78. The van der Waals surface area contributed by atoms with E-state index in [4.69, 9.17) is 5.73 Å². The lowest BCUT2D eigenvalue weighted by Gasteiger charge is -2.30. The Morgan fingerprint density at radius 3 is 2.54 bits per heavy atom. The standard InChI is InChI=1S/C22H30N2O4/c23-19(25)15-24(13-11-16-6-2-1-3-7-16)20(26)14-22(21(27)28)12-10-17-8-4-5-9-18(17)22/h4-5,8-9,16H,1-3,6-7,10-15H2,(H2,23,25)(H,27,28). The van der Waals surface area contributed by atoms with E-state index in [-0.39, 0.29) is 18.9 Å². The van der Waals surface area contributed by atoms with Gasteiger partial charge in [-0.2, -0.15) is 0 Å². The Morgan fingerprint density at radius 2 is 1.86 bits per heavy atom. The summed E-state index contributed by atoms with van der Waals surface area (Å²) in [4.78, 5) is 38.3. The largest absolute Gasteiger partial charge is 0.481 e. The molecule has 0 radical (unpaired) electrons. The number of amides is 2. The number of fused-ring (bicyclic) bond motifs is 1. The van der Waals surface area contributed by atoms with Gasteiger partial charge in [-0.3, -0.25) is 14.4 Å². The van der Waals surface area contributed by atoms with Crippen LogP contribution in [0.3, 0.4) is 0 Å². The number of aryl methyl sites for hydroxylation is 1. The van der Waals surface area contributed by atoms with Crippen LogP contribution in [0.15, 0.2) is 24.3 Å². The molecule has 0 heterocycles. The van der Waals surface area contributed by atoms with Crippen molar-refractivity contribution in [3.8, 4) is 0 Å². The molecule has 152 valence electrons. The SMILES string of the molecule is NC(=O)CN(CCC1CCCCC1)C(=O)CC1(C(=O)O)CCc2ccccc21. The molecule has 0 spiro atoms. The molecule has 0 bridgehead atoms. The number of carboxylic acid groups (broad SMARTS) is 1. The van der Waals surface area contributed by atoms with Crippen LogP contribution in [-0.4, -0.2) is 40.9 Å². The fraction of sp³-hybridized carbons (Fsp3) is 0.591. The molecule has 1 unspecified atom stereocenters. The Morgan fingerprint density at radius 1 is 1.14 bits per heavy atom. The molecular formula is C22H30N2O4. The number of aliphatic carboxylic acids is 1. The predicted octanol–water partition coefficient (Wildman–Crippen LogP) is 2.63. The molecule has 3 N–H and O–H groups in total. The van der Waals surface area contributed by atoms with Crippen LogP contribution in [0.2, 0.25) is 0 Å². The van der Waals surface area contributed by atoms with Gasteiger partial charge in [0.05, 0.1) is 6.54 Å². The molecule has 2 aliphatic rings. The lowest BCUT2D eigenvalue weighted by Crippen LogP contribution is -2.45. The monoisotopic (exact) mass is 386 g/mol. The smallest absolute Gasteiger partial charge is 0.314 e. The molecule has 1 saturated carbocycles. The molecule has 0 aromatic heterocycles. The second kappa shape index (κ2) is 8.76. The highest BCUT2D eigenvalue weighted by atomic mass is 16.4. The fourth-order valence-corrected chi connectivity index (χ4v) is 4.83. The number of carboxylic acids is 1. The topological polar surface area (TPSA) is 101 Å². The number of nitrogens with two attached hydrogens (primary N) is 1. The quantitative estimate of drug-likeness (QED) is 0.717. The Bertz CT molecular complexity index is 742. The minimum absolute atomic E-state index is 0.128. The first-order chi connectivity index (χ1) is 13.4. The minimum atomic E-state index is -1.21. The molecule has 2 amide bonds. The zero-order chi connectivity index (χ0) is 20.1. The van der Waals surface area contributed by atoms with Crippen molar-refractivity contribution < 1.29 is 19.5 Å². The highest BCUT2D eigenvalue weighted by Crippen LogP contribution is 2.42. The van der Waals surface area contributed by atoms with Gasteiger partial charge in [0.1, 0.15) is 5.41 Å². The molecule has 1 atom stereocenters. The summed E-state index contributed by atoms with van der Waals surface area (Å²) >= 11 is 0. The van der Waals surface area contributed by atoms with Crippen LogP contribution in [0.25, 0.3) is 0 Å². The molecular weight excluding hydrogens is 356 g/mol. The highest BCUT2D eigenvalue weighted by molar-refractivity contribution is 5.92. The Labute approximate surface area is 166 Å². The van der Waals surface area contributed by atoms with E-state index < -0.39 is 17.3 Å². The van der Waals surface area contributed by atoms with E-state index in [1.807, 2.05) is 24.3 Å². The van der Waals surface area contributed by atoms with E-state index in [1.165, 1.54) is 24.2 Å². The van der Waals surface area contributed by atoms with Gasteiger partial charge in [-0.1, -0.05) is 56.4 Å². The van der Waals surface area contributed by atoms with E-state index >= 15 is 0 Å². The van der Waals surface area contributed by atoms with Gasteiger partial charge in [0.15, 0.2) is 0 Å². The number of nitrogens with zero attached hydrogens (tertiary/aromatic N) is 1. The maximum atomic E-state index is 13.1. The van der Waals surface area contributed by atoms with Gasteiger partial charge in [0.25, 0.3) is 0 Å². The number of hydrogen-bond acceptors (Lipinski definition) is 3. The van der Waals surface area contributed by atoms with Gasteiger partial charge in [-0.25, -0.2) is 0 Å². The highest BCUT2D eigenvalue weighted by Gasteiger charge is 2.47. The zero-order valence-corrected chi connectivity index (χ0v) is 16.4. The fourth-order valence-electron chi connectivity index (χ4n) is 4.83. The normalized spacial score (nSPS) is 21.9. The second-order valence-corrected chi connectivity index (χ2v) is 8.30. The van der Waals surface area contributed by atoms with E-state index in [9.17, 15) is 19.5 Å². The van der Waals surface area contributed by atoms with E-state index in [1.54, 1.807) is 0 Å². The van der Waals surface area contributed by atoms with Crippen LogP contribution in [0.1, 0.15) is 62.5 Å². The van der Waals surface area contributed by atoms with Gasteiger partial charge in [-0.05, 0) is 36.3 Å². The molecule has 1 fully saturated rings. The summed E-state index contributed by atoms with van der Waals surface area (Å²) in [5, 5.41) is 9.99. The first kappa shape index (κ1) is 20.4. The van der Waals surface area contributed by atoms with Gasteiger partial charge < -0.3 is 15.7 Å². The second-order valence-electron chi connectivity index (χ2n) is 8.30. The Kier molecular flexibility index (Phi) is 6.37. The van der Waals surface area contributed by atoms with Crippen molar-refractivity contribution in [2.75, 3.05) is 13.1 Å². The van der Waals surface area contributed by atoms with Gasteiger partial charge in [0.2, 0.25) is 11.8 Å². The average Bonchev–Trinajstić information content (AvgIpc) is 3.05. The van der Waals surface area contributed by atoms with E-state index in [2.05, 4.69) is 0 Å². The van der Waals surface area contributed by atoms with Crippen LogP contribution in [0, 0.1) is 5.92 Å².